The molecule has 0 atom stereocenters. The zero-order chi connectivity index (χ0) is 19.0. The van der Waals surface area contributed by atoms with Gasteiger partial charge in [0.2, 0.25) is 0 Å². The van der Waals surface area contributed by atoms with Crippen LogP contribution in [0.15, 0.2) is 12.1 Å². The lowest BCUT2D eigenvalue weighted by Crippen LogP contribution is -2.22. The third-order valence-corrected chi connectivity index (χ3v) is 3.68. The number of benzene rings is 1. The molecule has 136 valence electrons. The third kappa shape index (κ3) is 7.88. The molecular weight excluding hydrogens is 344 g/mol. The van der Waals surface area contributed by atoms with Crippen LogP contribution in [0.2, 0.25) is 0 Å². The quantitative estimate of drug-likeness (QED) is 0.550. The van der Waals surface area contributed by atoms with E-state index in [0.717, 1.165) is 16.7 Å². The first-order valence-electron chi connectivity index (χ1n) is 7.65. The van der Waals surface area contributed by atoms with Gasteiger partial charge in [-0.25, -0.2) is 0 Å². The van der Waals surface area contributed by atoms with Gasteiger partial charge in [-0.15, -0.1) is 0 Å². The van der Waals surface area contributed by atoms with Gasteiger partial charge in [0.1, 0.15) is 12.4 Å². The molecule has 0 saturated carbocycles. The predicted octanol–water partition coefficient (Wildman–Crippen LogP) is 4.00. The number of amides is 1. The standard InChI is InChI=1S/C16H25NO2S.CH3NOS/c1-10(2)13-7-12(9-19-16(20)17(5)6)8-14(11(3)4)15(13)18;2-1(3)4/h7-8,10-11,18H,9H2,1-6H3;(H3,2,3,4). The Morgan fingerprint density at radius 1 is 1.25 bits per heavy atom. The van der Waals surface area contributed by atoms with Crippen molar-refractivity contribution >= 4 is 35.3 Å². The molecule has 0 bridgehead atoms. The van der Waals surface area contributed by atoms with Crippen molar-refractivity contribution in [3.8, 4) is 5.75 Å². The van der Waals surface area contributed by atoms with Gasteiger partial charge >= 0.3 is 0 Å². The van der Waals surface area contributed by atoms with Crippen LogP contribution in [0.25, 0.3) is 0 Å². The Hall–Kier alpha value is -1.47. The highest BCUT2D eigenvalue weighted by Crippen LogP contribution is 2.34. The number of ether oxygens (including phenoxy) is 1. The molecule has 1 aromatic rings. The minimum Gasteiger partial charge on any atom is -0.507 e. The van der Waals surface area contributed by atoms with E-state index in [4.69, 9.17) is 21.7 Å². The van der Waals surface area contributed by atoms with Gasteiger partial charge in [0.05, 0.1) is 0 Å². The van der Waals surface area contributed by atoms with Crippen molar-refractivity contribution in [2.45, 2.75) is 46.1 Å². The van der Waals surface area contributed by atoms with E-state index in [-0.39, 0.29) is 11.8 Å². The minimum absolute atomic E-state index is 0.272. The van der Waals surface area contributed by atoms with Crippen LogP contribution >= 0.6 is 24.8 Å². The smallest absolute Gasteiger partial charge is 0.273 e. The monoisotopic (exact) mass is 372 g/mol. The van der Waals surface area contributed by atoms with Gasteiger partial charge < -0.3 is 20.5 Å². The average Bonchev–Trinajstić information content (AvgIpc) is 2.44. The van der Waals surface area contributed by atoms with Gasteiger partial charge in [0.25, 0.3) is 10.4 Å². The molecule has 0 spiro atoms. The zero-order valence-corrected chi connectivity index (χ0v) is 16.9. The molecule has 0 unspecified atom stereocenters. The fourth-order valence-electron chi connectivity index (χ4n) is 1.98. The third-order valence-electron chi connectivity index (χ3n) is 3.20. The number of thiol groups is 1. The van der Waals surface area contributed by atoms with Crippen molar-refractivity contribution in [1.82, 2.24) is 4.90 Å². The Bertz CT molecular complexity index is 540. The lowest BCUT2D eigenvalue weighted by molar-refractivity contribution is 0.257. The van der Waals surface area contributed by atoms with E-state index >= 15 is 0 Å². The maximum atomic E-state index is 10.3. The highest BCUT2D eigenvalue weighted by atomic mass is 32.1. The van der Waals surface area contributed by atoms with E-state index in [9.17, 15) is 5.11 Å². The van der Waals surface area contributed by atoms with Gasteiger partial charge in [0.15, 0.2) is 0 Å². The summed E-state index contributed by atoms with van der Waals surface area (Å²) in [5, 5.41) is 10.2. The highest BCUT2D eigenvalue weighted by molar-refractivity contribution is 7.96. The number of aromatic hydroxyl groups is 1. The van der Waals surface area contributed by atoms with E-state index in [1.807, 2.05) is 26.2 Å². The number of phenols is 1. The van der Waals surface area contributed by atoms with Gasteiger partial charge in [-0.05, 0) is 52.9 Å². The molecule has 0 saturated heterocycles. The molecule has 5 nitrogen and oxygen atoms in total. The second-order valence-corrected chi connectivity index (χ2v) is 7.01. The van der Waals surface area contributed by atoms with Crippen molar-refractivity contribution in [3.05, 3.63) is 28.8 Å². The summed E-state index contributed by atoms with van der Waals surface area (Å²) >= 11 is 8.23. The van der Waals surface area contributed by atoms with Gasteiger partial charge in [-0.3, -0.25) is 4.79 Å². The molecule has 1 rings (SSSR count). The lowest BCUT2D eigenvalue weighted by Gasteiger charge is -2.19. The summed E-state index contributed by atoms with van der Waals surface area (Å²) in [6, 6.07) is 4.01. The molecular formula is C17H28N2O3S2. The van der Waals surface area contributed by atoms with Crippen LogP contribution in [-0.4, -0.2) is 34.5 Å². The number of primary amides is 1. The molecule has 0 radical (unpaired) electrons. The predicted molar refractivity (Wildman–Crippen MR) is 106 cm³/mol. The topological polar surface area (TPSA) is 75.8 Å². The van der Waals surface area contributed by atoms with E-state index in [0.29, 0.717) is 17.5 Å². The number of rotatable bonds is 4. The highest BCUT2D eigenvalue weighted by Gasteiger charge is 2.15. The van der Waals surface area contributed by atoms with E-state index in [1.54, 1.807) is 4.90 Å². The Morgan fingerprint density at radius 3 is 1.92 bits per heavy atom. The van der Waals surface area contributed by atoms with E-state index in [1.165, 1.54) is 0 Å². The SMILES string of the molecule is CC(C)c1cc(COC(=S)N(C)C)cc(C(C)C)c1O.NC(=O)S. The van der Waals surface area contributed by atoms with Gasteiger partial charge in [0, 0.05) is 14.1 Å². The molecule has 0 aliphatic carbocycles. The van der Waals surface area contributed by atoms with Crippen molar-refractivity contribution < 1.29 is 14.6 Å². The molecule has 24 heavy (non-hydrogen) atoms. The van der Waals surface area contributed by atoms with Crippen LogP contribution in [0.1, 0.15) is 56.2 Å². The number of hydrogen-bond donors (Lipinski definition) is 3. The van der Waals surface area contributed by atoms with Crippen LogP contribution in [0, 0.1) is 0 Å². The minimum atomic E-state index is -0.639. The summed E-state index contributed by atoms with van der Waals surface area (Å²) in [6.45, 7) is 8.74. The van der Waals surface area contributed by atoms with Crippen molar-refractivity contribution in [2.75, 3.05) is 14.1 Å². The first kappa shape index (κ1) is 22.5. The average molecular weight is 373 g/mol. The number of nitrogens with zero attached hydrogens (tertiary/aromatic N) is 1. The summed E-state index contributed by atoms with van der Waals surface area (Å²) in [6.07, 6.45) is 0. The number of phenolic OH excluding ortho intramolecular Hbond substituents is 1. The largest absolute Gasteiger partial charge is 0.507 e. The second kappa shape index (κ2) is 10.4. The Balaban J connectivity index is 0.00000118. The Labute approximate surface area is 155 Å². The number of thiocarbonyl (C=S) groups is 1. The Kier molecular flexibility index (Phi) is 9.77. The Morgan fingerprint density at radius 2 is 1.62 bits per heavy atom. The normalized spacial score (nSPS) is 10.2. The van der Waals surface area contributed by atoms with Crippen LogP contribution in [0.5, 0.6) is 5.75 Å². The van der Waals surface area contributed by atoms with Crippen molar-refractivity contribution in [2.24, 2.45) is 5.73 Å². The molecule has 0 fully saturated rings. The van der Waals surface area contributed by atoms with E-state index < -0.39 is 5.24 Å². The lowest BCUT2D eigenvalue weighted by atomic mass is 9.92. The van der Waals surface area contributed by atoms with Gasteiger partial charge in [-0.1, -0.05) is 40.3 Å². The molecule has 3 N–H and O–H groups in total. The van der Waals surface area contributed by atoms with Crippen molar-refractivity contribution in [3.63, 3.8) is 0 Å². The maximum absolute atomic E-state index is 10.3. The van der Waals surface area contributed by atoms with Crippen LogP contribution in [0.4, 0.5) is 4.79 Å². The molecule has 7 heteroatoms. The van der Waals surface area contributed by atoms with Crippen LogP contribution in [0.3, 0.4) is 0 Å². The van der Waals surface area contributed by atoms with Crippen molar-refractivity contribution in [1.29, 1.82) is 0 Å². The molecule has 1 amide bonds. The first-order chi connectivity index (χ1) is 11.0. The van der Waals surface area contributed by atoms with E-state index in [2.05, 4.69) is 46.1 Å². The van der Waals surface area contributed by atoms with Gasteiger partial charge in [-0.2, -0.15) is 0 Å². The summed E-state index contributed by atoms with van der Waals surface area (Å²) in [7, 11) is 3.72. The maximum Gasteiger partial charge on any atom is 0.273 e. The molecule has 0 aliphatic heterocycles. The summed E-state index contributed by atoms with van der Waals surface area (Å²) < 4.78 is 5.57. The molecule has 1 aromatic carbocycles. The van der Waals surface area contributed by atoms with Crippen LogP contribution in [-0.2, 0) is 11.3 Å². The zero-order valence-electron chi connectivity index (χ0n) is 15.2. The number of carbonyl (C=O) groups is 1. The molecule has 0 heterocycles. The number of hydrogen-bond acceptors (Lipinski definition) is 4. The molecule has 0 aromatic heterocycles. The summed E-state index contributed by atoms with van der Waals surface area (Å²) in [4.78, 5) is 10.9. The molecule has 0 aliphatic rings. The second-order valence-electron chi connectivity index (χ2n) is 6.22. The fraction of sp³-hybridized carbons (Fsp3) is 0.529. The number of nitrogens with two attached hydrogens (primary N) is 1. The first-order valence-corrected chi connectivity index (χ1v) is 8.51. The summed E-state index contributed by atoms with van der Waals surface area (Å²) in [5.74, 6) is 0.954. The van der Waals surface area contributed by atoms with Crippen LogP contribution < -0.4 is 5.73 Å². The number of carbonyl (C=O) groups excluding carboxylic acids is 1. The fourth-order valence-corrected chi connectivity index (χ4v) is 2.04. The summed E-state index contributed by atoms with van der Waals surface area (Å²) in [5.41, 5.74) is 7.30.